The van der Waals surface area contributed by atoms with Crippen LogP contribution in [0.25, 0.3) is 0 Å². The first-order valence-corrected chi connectivity index (χ1v) is 9.50. The molecule has 2 aromatic carbocycles. The lowest BCUT2D eigenvalue weighted by Crippen LogP contribution is -2.02. The van der Waals surface area contributed by atoms with Gasteiger partial charge in [0.1, 0.15) is 18.2 Å². The standard InChI is InChI=1S/C18H12BrClFNO3S/c19-12-2-1-10(14(21)7-12)8-25-16-4-3-13(20)5-11(16)6-17-22-15(9-26-17)18(23)24/h1-5,7,9H,6,8H2,(H,23,24). The van der Waals surface area contributed by atoms with Gasteiger partial charge in [-0.1, -0.05) is 33.6 Å². The highest BCUT2D eigenvalue weighted by atomic mass is 79.9. The molecule has 1 aromatic heterocycles. The summed E-state index contributed by atoms with van der Waals surface area (Å²) in [7, 11) is 0. The third-order valence-electron chi connectivity index (χ3n) is 3.53. The zero-order valence-electron chi connectivity index (χ0n) is 13.2. The lowest BCUT2D eigenvalue weighted by Gasteiger charge is -2.12. The van der Waals surface area contributed by atoms with E-state index in [-0.39, 0.29) is 18.1 Å². The van der Waals surface area contributed by atoms with Crippen LogP contribution in [-0.4, -0.2) is 16.1 Å². The van der Waals surface area contributed by atoms with Crippen LogP contribution in [0.4, 0.5) is 4.39 Å². The average molecular weight is 457 g/mol. The predicted octanol–water partition coefficient (Wildman–Crippen LogP) is 5.57. The molecule has 0 aliphatic heterocycles. The van der Waals surface area contributed by atoms with E-state index >= 15 is 0 Å². The number of benzene rings is 2. The first kappa shape index (κ1) is 18.8. The Morgan fingerprint density at radius 3 is 2.77 bits per heavy atom. The van der Waals surface area contributed by atoms with Gasteiger partial charge in [0.2, 0.25) is 0 Å². The van der Waals surface area contributed by atoms with Gasteiger partial charge in [-0.25, -0.2) is 14.2 Å². The van der Waals surface area contributed by atoms with Gasteiger partial charge >= 0.3 is 5.97 Å². The van der Waals surface area contributed by atoms with Crippen LogP contribution in [0.15, 0.2) is 46.3 Å². The molecule has 0 bridgehead atoms. The molecule has 3 rings (SSSR count). The second-order valence-corrected chi connectivity index (χ2v) is 7.68. The van der Waals surface area contributed by atoms with Crippen LogP contribution in [0.1, 0.15) is 26.6 Å². The number of ether oxygens (including phenoxy) is 1. The molecule has 4 nitrogen and oxygen atoms in total. The number of carboxylic acids is 1. The highest BCUT2D eigenvalue weighted by Gasteiger charge is 2.13. The molecule has 3 aromatic rings. The Hall–Kier alpha value is -1.96. The number of carbonyl (C=O) groups is 1. The maximum atomic E-state index is 13.9. The van der Waals surface area contributed by atoms with Crippen LogP contribution >= 0.6 is 38.9 Å². The monoisotopic (exact) mass is 455 g/mol. The topological polar surface area (TPSA) is 59.4 Å². The Labute approximate surface area is 166 Å². The third-order valence-corrected chi connectivity index (χ3v) is 5.11. The number of rotatable bonds is 6. The Morgan fingerprint density at radius 1 is 1.27 bits per heavy atom. The molecule has 0 aliphatic rings. The van der Waals surface area contributed by atoms with Crippen LogP contribution in [-0.2, 0) is 13.0 Å². The van der Waals surface area contributed by atoms with Crippen molar-refractivity contribution < 1.29 is 19.0 Å². The summed E-state index contributed by atoms with van der Waals surface area (Å²) in [4.78, 5) is 15.0. The van der Waals surface area contributed by atoms with Crippen molar-refractivity contribution in [2.45, 2.75) is 13.0 Å². The first-order valence-electron chi connectivity index (χ1n) is 7.45. The highest BCUT2D eigenvalue weighted by Crippen LogP contribution is 2.28. The molecule has 1 heterocycles. The second kappa shape index (κ2) is 8.16. The Balaban J connectivity index is 1.79. The van der Waals surface area contributed by atoms with E-state index in [1.165, 1.54) is 22.8 Å². The number of thiazole rings is 1. The molecule has 26 heavy (non-hydrogen) atoms. The van der Waals surface area contributed by atoms with Crippen molar-refractivity contribution in [3.63, 3.8) is 0 Å². The highest BCUT2D eigenvalue weighted by molar-refractivity contribution is 9.10. The molecule has 8 heteroatoms. The van der Waals surface area contributed by atoms with E-state index in [0.29, 0.717) is 32.2 Å². The number of carboxylic acid groups (broad SMARTS) is 1. The van der Waals surface area contributed by atoms with Crippen molar-refractivity contribution in [3.05, 3.63) is 78.9 Å². The van der Waals surface area contributed by atoms with Gasteiger partial charge in [-0.05, 0) is 30.3 Å². The zero-order valence-corrected chi connectivity index (χ0v) is 16.4. The normalized spacial score (nSPS) is 10.7. The number of hydrogen-bond acceptors (Lipinski definition) is 4. The van der Waals surface area contributed by atoms with E-state index in [2.05, 4.69) is 20.9 Å². The lowest BCUT2D eigenvalue weighted by atomic mass is 10.1. The summed E-state index contributed by atoms with van der Waals surface area (Å²) in [6.07, 6.45) is 0.372. The summed E-state index contributed by atoms with van der Waals surface area (Å²) in [5.74, 6) is -0.884. The molecule has 0 unspecified atom stereocenters. The van der Waals surface area contributed by atoms with Crippen molar-refractivity contribution in [3.8, 4) is 5.75 Å². The Bertz CT molecular complexity index is 963. The first-order chi connectivity index (χ1) is 12.4. The summed E-state index contributed by atoms with van der Waals surface area (Å²) in [5, 5.41) is 11.6. The smallest absolute Gasteiger partial charge is 0.355 e. The van der Waals surface area contributed by atoms with Gasteiger partial charge < -0.3 is 9.84 Å². The minimum Gasteiger partial charge on any atom is -0.488 e. The number of aromatic nitrogens is 1. The summed E-state index contributed by atoms with van der Waals surface area (Å²) < 4.78 is 20.4. The molecule has 0 aliphatic carbocycles. The Morgan fingerprint density at radius 2 is 2.08 bits per heavy atom. The fraction of sp³-hybridized carbons (Fsp3) is 0.111. The third kappa shape index (κ3) is 4.60. The minimum atomic E-state index is -1.07. The SMILES string of the molecule is O=C(O)c1csc(Cc2cc(Cl)ccc2OCc2ccc(Br)cc2F)n1. The van der Waals surface area contributed by atoms with Gasteiger partial charge in [-0.2, -0.15) is 0 Å². The van der Waals surface area contributed by atoms with Crippen molar-refractivity contribution >= 4 is 44.8 Å². The molecule has 0 atom stereocenters. The van der Waals surface area contributed by atoms with E-state index in [9.17, 15) is 9.18 Å². The number of aromatic carboxylic acids is 1. The molecule has 0 saturated heterocycles. The van der Waals surface area contributed by atoms with Gasteiger partial charge in [0, 0.05) is 32.4 Å². The van der Waals surface area contributed by atoms with E-state index in [0.717, 1.165) is 5.56 Å². The van der Waals surface area contributed by atoms with Crippen LogP contribution < -0.4 is 4.74 Å². The fourth-order valence-electron chi connectivity index (χ4n) is 2.27. The van der Waals surface area contributed by atoms with E-state index in [1.54, 1.807) is 30.3 Å². The molecule has 0 saturated carbocycles. The van der Waals surface area contributed by atoms with E-state index in [4.69, 9.17) is 21.4 Å². The Kier molecular flexibility index (Phi) is 5.90. The van der Waals surface area contributed by atoms with Gasteiger partial charge in [0.15, 0.2) is 5.69 Å². The van der Waals surface area contributed by atoms with Crippen LogP contribution in [0, 0.1) is 5.82 Å². The van der Waals surface area contributed by atoms with Crippen LogP contribution in [0.3, 0.4) is 0 Å². The summed E-state index contributed by atoms with van der Waals surface area (Å²) in [5.41, 5.74) is 1.18. The molecule has 0 fully saturated rings. The van der Waals surface area contributed by atoms with Crippen molar-refractivity contribution in [1.29, 1.82) is 0 Å². The molecule has 1 N–H and O–H groups in total. The molecule has 0 amide bonds. The van der Waals surface area contributed by atoms with Crippen molar-refractivity contribution in [2.24, 2.45) is 0 Å². The summed E-state index contributed by atoms with van der Waals surface area (Å²) >= 11 is 10.5. The number of halogens is 3. The minimum absolute atomic E-state index is 0.00595. The molecular weight excluding hydrogens is 445 g/mol. The lowest BCUT2D eigenvalue weighted by molar-refractivity contribution is 0.0691. The van der Waals surface area contributed by atoms with E-state index in [1.807, 2.05) is 0 Å². The van der Waals surface area contributed by atoms with Gasteiger partial charge in [0.25, 0.3) is 0 Å². The fourth-order valence-corrected chi connectivity index (χ4v) is 3.59. The molecule has 0 spiro atoms. The van der Waals surface area contributed by atoms with Crippen molar-refractivity contribution in [2.75, 3.05) is 0 Å². The number of nitrogens with zero attached hydrogens (tertiary/aromatic N) is 1. The largest absolute Gasteiger partial charge is 0.488 e. The average Bonchev–Trinajstić information content (AvgIpc) is 3.04. The predicted molar refractivity (Wildman–Crippen MR) is 102 cm³/mol. The summed E-state index contributed by atoms with van der Waals surface area (Å²) in [6.45, 7) is 0.0615. The van der Waals surface area contributed by atoms with Crippen molar-refractivity contribution in [1.82, 2.24) is 4.98 Å². The zero-order chi connectivity index (χ0) is 18.7. The maximum absolute atomic E-state index is 13.9. The molecular formula is C18H12BrClFNO3S. The second-order valence-electron chi connectivity index (χ2n) is 5.38. The summed E-state index contributed by atoms with van der Waals surface area (Å²) in [6, 6.07) is 9.90. The van der Waals surface area contributed by atoms with Crippen LogP contribution in [0.2, 0.25) is 5.02 Å². The molecule has 134 valence electrons. The quantitative estimate of drug-likeness (QED) is 0.527. The van der Waals surface area contributed by atoms with Gasteiger partial charge in [0.05, 0.1) is 5.01 Å². The number of hydrogen-bond donors (Lipinski definition) is 1. The van der Waals surface area contributed by atoms with Crippen LogP contribution in [0.5, 0.6) is 5.75 Å². The molecule has 0 radical (unpaired) electrons. The maximum Gasteiger partial charge on any atom is 0.355 e. The van der Waals surface area contributed by atoms with Gasteiger partial charge in [-0.3, -0.25) is 0 Å². The van der Waals surface area contributed by atoms with Gasteiger partial charge in [-0.15, -0.1) is 11.3 Å². The van der Waals surface area contributed by atoms with E-state index < -0.39 is 5.97 Å².